The van der Waals surface area contributed by atoms with Crippen LogP contribution in [0.5, 0.6) is 0 Å². The highest BCUT2D eigenvalue weighted by molar-refractivity contribution is 7.99. The summed E-state index contributed by atoms with van der Waals surface area (Å²) in [6.45, 7) is 4.55. The Morgan fingerprint density at radius 2 is 2.44 bits per heavy atom. The Morgan fingerprint density at radius 3 is 3.12 bits per heavy atom. The predicted octanol–water partition coefficient (Wildman–Crippen LogP) is 1.73. The summed E-state index contributed by atoms with van der Waals surface area (Å²) < 4.78 is 0. The molecule has 0 spiro atoms. The lowest BCUT2D eigenvalue weighted by atomic mass is 10.4. The van der Waals surface area contributed by atoms with Crippen LogP contribution in [0.2, 0.25) is 0 Å². The van der Waals surface area contributed by atoms with Gasteiger partial charge in [0.25, 0.3) is 5.56 Å². The molecule has 0 bridgehead atoms. The van der Waals surface area contributed by atoms with Crippen LogP contribution in [0.4, 0.5) is 0 Å². The Bertz CT molecular complexity index is 561. The van der Waals surface area contributed by atoms with Gasteiger partial charge in [-0.2, -0.15) is 0 Å². The number of aromatic nitrogens is 2. The lowest BCUT2D eigenvalue weighted by molar-refractivity contribution is 0.921. The first-order chi connectivity index (χ1) is 7.60. The molecule has 2 aromatic rings. The normalized spacial score (nSPS) is 13.2. The Labute approximate surface area is 101 Å². The van der Waals surface area contributed by atoms with E-state index in [0.29, 0.717) is 17.1 Å². The number of nitrogens with one attached hydrogen (secondary N) is 1. The predicted molar refractivity (Wildman–Crippen MR) is 69.4 cm³/mol. The third-order valence-electron chi connectivity index (χ3n) is 2.15. The third-order valence-corrected chi connectivity index (χ3v) is 4.10. The molecule has 4 nitrogen and oxygen atoms in total. The molecule has 2 heterocycles. The molecule has 0 saturated heterocycles. The SMILES string of the molecule is Cc1cc2c(=O)[nH]c(SC(C)CN)nc2s1. The zero-order valence-corrected chi connectivity index (χ0v) is 10.7. The number of hydrogen-bond donors (Lipinski definition) is 2. The molecule has 0 aliphatic rings. The van der Waals surface area contributed by atoms with E-state index in [1.54, 1.807) is 0 Å². The maximum Gasteiger partial charge on any atom is 0.260 e. The van der Waals surface area contributed by atoms with Gasteiger partial charge in [-0.15, -0.1) is 11.3 Å². The van der Waals surface area contributed by atoms with Gasteiger partial charge < -0.3 is 10.7 Å². The molecule has 1 unspecified atom stereocenters. The minimum absolute atomic E-state index is 0.0685. The zero-order chi connectivity index (χ0) is 11.7. The summed E-state index contributed by atoms with van der Waals surface area (Å²) in [6.07, 6.45) is 0. The van der Waals surface area contributed by atoms with Gasteiger partial charge in [-0.1, -0.05) is 18.7 Å². The standard InChI is InChI=1S/C10H13N3OS2/c1-5-3-7-8(14)12-10(13-9(7)15-5)16-6(2)4-11/h3,6H,4,11H2,1-2H3,(H,12,13,14). The second kappa shape index (κ2) is 4.57. The Kier molecular flexibility index (Phi) is 3.32. The number of hydrogen-bond acceptors (Lipinski definition) is 5. The van der Waals surface area contributed by atoms with Crippen LogP contribution in [-0.2, 0) is 0 Å². The maximum atomic E-state index is 11.7. The summed E-state index contributed by atoms with van der Waals surface area (Å²) in [4.78, 5) is 20.8. The summed E-state index contributed by atoms with van der Waals surface area (Å²) in [5.74, 6) is 0. The van der Waals surface area contributed by atoms with E-state index < -0.39 is 0 Å². The van der Waals surface area contributed by atoms with Crippen LogP contribution in [0.15, 0.2) is 16.0 Å². The smallest absolute Gasteiger partial charge is 0.260 e. The molecular weight excluding hydrogens is 242 g/mol. The highest BCUT2D eigenvalue weighted by atomic mass is 32.2. The van der Waals surface area contributed by atoms with Crippen LogP contribution >= 0.6 is 23.1 Å². The molecule has 16 heavy (non-hydrogen) atoms. The molecule has 6 heteroatoms. The average molecular weight is 255 g/mol. The molecular formula is C10H13N3OS2. The van der Waals surface area contributed by atoms with E-state index in [9.17, 15) is 4.79 Å². The van der Waals surface area contributed by atoms with Crippen molar-refractivity contribution in [3.8, 4) is 0 Å². The van der Waals surface area contributed by atoms with Gasteiger partial charge in [0.1, 0.15) is 4.83 Å². The minimum Gasteiger partial charge on any atom is -0.329 e. The second-order valence-electron chi connectivity index (χ2n) is 3.61. The van der Waals surface area contributed by atoms with E-state index in [2.05, 4.69) is 9.97 Å². The number of nitrogens with zero attached hydrogens (tertiary/aromatic N) is 1. The van der Waals surface area contributed by atoms with Crippen molar-refractivity contribution in [2.45, 2.75) is 24.3 Å². The molecule has 0 aromatic carbocycles. The number of thioether (sulfide) groups is 1. The quantitative estimate of drug-likeness (QED) is 0.647. The first-order valence-electron chi connectivity index (χ1n) is 4.97. The van der Waals surface area contributed by atoms with Crippen molar-refractivity contribution in [1.29, 1.82) is 0 Å². The highest BCUT2D eigenvalue weighted by Gasteiger charge is 2.09. The van der Waals surface area contributed by atoms with Crippen molar-refractivity contribution < 1.29 is 0 Å². The fraction of sp³-hybridized carbons (Fsp3) is 0.400. The van der Waals surface area contributed by atoms with Gasteiger partial charge in [-0.05, 0) is 13.0 Å². The van der Waals surface area contributed by atoms with E-state index in [-0.39, 0.29) is 10.8 Å². The second-order valence-corrected chi connectivity index (χ2v) is 6.27. The lowest BCUT2D eigenvalue weighted by Crippen LogP contribution is -2.15. The molecule has 2 aromatic heterocycles. The number of rotatable bonds is 3. The maximum absolute atomic E-state index is 11.7. The van der Waals surface area contributed by atoms with Gasteiger partial charge >= 0.3 is 0 Å². The van der Waals surface area contributed by atoms with Crippen molar-refractivity contribution in [2.75, 3.05) is 6.54 Å². The largest absolute Gasteiger partial charge is 0.329 e. The first kappa shape index (κ1) is 11.6. The molecule has 86 valence electrons. The topological polar surface area (TPSA) is 71.8 Å². The number of thiophene rings is 1. The van der Waals surface area contributed by atoms with Gasteiger partial charge in [-0.3, -0.25) is 4.79 Å². The molecule has 0 saturated carbocycles. The fourth-order valence-electron chi connectivity index (χ4n) is 1.33. The van der Waals surface area contributed by atoms with E-state index >= 15 is 0 Å². The Balaban J connectivity index is 2.45. The molecule has 0 amide bonds. The minimum atomic E-state index is -0.0685. The molecule has 0 radical (unpaired) electrons. The van der Waals surface area contributed by atoms with Crippen LogP contribution < -0.4 is 11.3 Å². The highest BCUT2D eigenvalue weighted by Crippen LogP contribution is 2.23. The summed E-state index contributed by atoms with van der Waals surface area (Å²) in [5.41, 5.74) is 5.47. The van der Waals surface area contributed by atoms with Gasteiger partial charge in [0.15, 0.2) is 5.16 Å². The number of aryl methyl sites for hydroxylation is 1. The Morgan fingerprint density at radius 1 is 1.69 bits per heavy atom. The van der Waals surface area contributed by atoms with E-state index in [4.69, 9.17) is 5.73 Å². The lowest BCUT2D eigenvalue weighted by Gasteiger charge is -2.06. The molecule has 2 rings (SSSR count). The number of H-pyrrole nitrogens is 1. The summed E-state index contributed by atoms with van der Waals surface area (Å²) in [5, 5.41) is 1.58. The zero-order valence-electron chi connectivity index (χ0n) is 9.11. The van der Waals surface area contributed by atoms with Gasteiger partial charge in [0, 0.05) is 16.7 Å². The molecule has 3 N–H and O–H groups in total. The fourth-order valence-corrected chi connectivity index (χ4v) is 3.04. The average Bonchev–Trinajstić information content (AvgIpc) is 2.59. The van der Waals surface area contributed by atoms with Crippen molar-refractivity contribution in [3.05, 3.63) is 21.3 Å². The van der Waals surface area contributed by atoms with Crippen molar-refractivity contribution in [1.82, 2.24) is 9.97 Å². The number of aromatic amines is 1. The number of nitrogens with two attached hydrogens (primary N) is 1. The van der Waals surface area contributed by atoms with Crippen molar-refractivity contribution >= 4 is 33.3 Å². The van der Waals surface area contributed by atoms with Gasteiger partial charge in [-0.25, -0.2) is 4.98 Å². The van der Waals surface area contributed by atoms with Crippen LogP contribution in [0.3, 0.4) is 0 Å². The number of fused-ring (bicyclic) bond motifs is 1. The molecule has 0 aliphatic heterocycles. The van der Waals surface area contributed by atoms with Gasteiger partial charge in [0.05, 0.1) is 5.39 Å². The van der Waals surface area contributed by atoms with Gasteiger partial charge in [0.2, 0.25) is 0 Å². The van der Waals surface area contributed by atoms with E-state index in [1.165, 1.54) is 23.1 Å². The summed E-state index contributed by atoms with van der Waals surface area (Å²) in [7, 11) is 0. The van der Waals surface area contributed by atoms with Crippen molar-refractivity contribution in [3.63, 3.8) is 0 Å². The monoisotopic (exact) mass is 255 g/mol. The van der Waals surface area contributed by atoms with Crippen molar-refractivity contribution in [2.24, 2.45) is 5.73 Å². The van der Waals surface area contributed by atoms with Crippen LogP contribution in [-0.4, -0.2) is 21.8 Å². The van der Waals surface area contributed by atoms with Crippen LogP contribution in [0, 0.1) is 6.92 Å². The molecule has 1 atom stereocenters. The molecule has 0 aliphatic carbocycles. The Hall–Kier alpha value is -0.850. The van der Waals surface area contributed by atoms with E-state index in [0.717, 1.165) is 9.71 Å². The summed E-state index contributed by atoms with van der Waals surface area (Å²) >= 11 is 3.04. The first-order valence-corrected chi connectivity index (χ1v) is 6.67. The van der Waals surface area contributed by atoms with Crippen LogP contribution in [0.25, 0.3) is 10.2 Å². The summed E-state index contributed by atoms with van der Waals surface area (Å²) in [6, 6.07) is 1.87. The van der Waals surface area contributed by atoms with Crippen LogP contribution in [0.1, 0.15) is 11.8 Å². The molecule has 0 fully saturated rings. The van der Waals surface area contributed by atoms with E-state index in [1.807, 2.05) is 19.9 Å². The third kappa shape index (κ3) is 2.28.